The zero-order valence-electron chi connectivity index (χ0n) is 18.1. The maximum absolute atomic E-state index is 5.11. The van der Waals surface area contributed by atoms with Crippen LogP contribution in [0.15, 0.2) is 97.3 Å². The first-order valence-corrected chi connectivity index (χ1v) is 11.7. The summed E-state index contributed by atoms with van der Waals surface area (Å²) >= 11 is 0. The fourth-order valence-electron chi connectivity index (χ4n) is 6.44. The number of nitrogens with zero attached hydrogens (tertiary/aromatic N) is 2. The van der Waals surface area contributed by atoms with Crippen LogP contribution in [-0.4, -0.2) is 9.97 Å². The van der Waals surface area contributed by atoms with Crippen LogP contribution in [0.5, 0.6) is 0 Å². The monoisotopic (exact) mass is 428 g/mol. The third kappa shape index (κ3) is 1.83. The molecule has 0 atom stereocenters. The summed E-state index contributed by atoms with van der Waals surface area (Å²) in [5, 5.41) is 17.6. The molecule has 2 nitrogen and oxygen atoms in total. The molecule has 9 rings (SSSR count). The number of fused-ring (bicyclic) bond motifs is 7. The van der Waals surface area contributed by atoms with Gasteiger partial charge in [-0.05, 0) is 44.5 Å². The van der Waals surface area contributed by atoms with Crippen LogP contribution in [-0.2, 0) is 0 Å². The number of benzene rings is 7. The minimum atomic E-state index is 1.08. The topological polar surface area (TPSA) is 25.8 Å². The van der Waals surface area contributed by atoms with Crippen LogP contribution < -0.4 is 0 Å². The van der Waals surface area contributed by atoms with Gasteiger partial charge in [-0.15, -0.1) is 0 Å². The lowest BCUT2D eigenvalue weighted by atomic mass is 9.85. The number of hydrogen-bond acceptors (Lipinski definition) is 2. The molecule has 7 aromatic carbocycles. The van der Waals surface area contributed by atoms with Gasteiger partial charge in [-0.2, -0.15) is 0 Å². The van der Waals surface area contributed by atoms with Crippen molar-refractivity contribution < 1.29 is 0 Å². The van der Waals surface area contributed by atoms with E-state index >= 15 is 0 Å². The quantitative estimate of drug-likeness (QED) is 0.178. The van der Waals surface area contributed by atoms with Crippen molar-refractivity contribution in [1.29, 1.82) is 0 Å². The molecule has 0 aliphatic carbocycles. The van der Waals surface area contributed by atoms with E-state index in [1.54, 1.807) is 0 Å². The molecule has 9 aromatic rings. The Balaban J connectivity index is 1.71. The van der Waals surface area contributed by atoms with Crippen molar-refractivity contribution in [2.45, 2.75) is 0 Å². The van der Waals surface area contributed by atoms with Gasteiger partial charge in [0.1, 0.15) is 0 Å². The van der Waals surface area contributed by atoms with Crippen molar-refractivity contribution >= 4 is 86.4 Å². The fraction of sp³-hybridized carbons (Fsp3) is 0. The first-order valence-electron chi connectivity index (χ1n) is 11.7. The van der Waals surface area contributed by atoms with Gasteiger partial charge >= 0.3 is 0 Å². The lowest BCUT2D eigenvalue weighted by Crippen LogP contribution is -1.94. The Morgan fingerprint density at radius 2 is 1.03 bits per heavy atom. The van der Waals surface area contributed by atoms with Gasteiger partial charge in [0.05, 0.1) is 11.0 Å². The normalized spacial score (nSPS) is 12.7. The summed E-state index contributed by atoms with van der Waals surface area (Å²) in [5.41, 5.74) is 2.17. The van der Waals surface area contributed by atoms with Crippen LogP contribution in [0.25, 0.3) is 86.4 Å². The Morgan fingerprint density at radius 3 is 1.94 bits per heavy atom. The van der Waals surface area contributed by atoms with E-state index in [-0.39, 0.29) is 0 Å². The standard InChI is InChI=1S/C32H16N2/c1-2-6-20-18(5-1)15-19-10-12-22-23-11-9-17-13-14-33-32-24-8-4-3-7-21(24)29(30(23)26(17)32)25-16-34-31(20)27(19)28(22)25/h1-16H. The first-order chi connectivity index (χ1) is 16.9. The molecule has 0 saturated carbocycles. The van der Waals surface area contributed by atoms with E-state index in [0.717, 1.165) is 11.0 Å². The molecule has 0 amide bonds. The summed E-state index contributed by atoms with van der Waals surface area (Å²) in [5.74, 6) is 0. The van der Waals surface area contributed by atoms with Crippen LogP contribution in [0.1, 0.15) is 0 Å². The Hall–Kier alpha value is -4.56. The third-order valence-electron chi connectivity index (χ3n) is 7.79. The fourth-order valence-corrected chi connectivity index (χ4v) is 6.44. The van der Waals surface area contributed by atoms with Gasteiger partial charge in [-0.25, -0.2) is 0 Å². The van der Waals surface area contributed by atoms with Crippen LogP contribution in [0, 0.1) is 0 Å². The second-order valence-electron chi connectivity index (χ2n) is 9.37. The van der Waals surface area contributed by atoms with Gasteiger partial charge in [0.2, 0.25) is 0 Å². The van der Waals surface area contributed by atoms with Crippen LogP contribution >= 0.6 is 0 Å². The number of pyridine rings is 2. The van der Waals surface area contributed by atoms with Gasteiger partial charge < -0.3 is 0 Å². The van der Waals surface area contributed by atoms with E-state index in [0.29, 0.717) is 0 Å². The van der Waals surface area contributed by atoms with Crippen LogP contribution in [0.4, 0.5) is 0 Å². The van der Waals surface area contributed by atoms with E-state index in [4.69, 9.17) is 9.97 Å². The molecule has 0 aliphatic rings. The molecule has 2 heteroatoms. The van der Waals surface area contributed by atoms with Gasteiger partial charge in [0, 0.05) is 55.5 Å². The third-order valence-corrected chi connectivity index (χ3v) is 7.79. The van der Waals surface area contributed by atoms with Gasteiger partial charge in [-0.3, -0.25) is 9.97 Å². The molecular weight excluding hydrogens is 412 g/mol. The molecule has 0 radical (unpaired) electrons. The second kappa shape index (κ2) is 5.67. The summed E-state index contributed by atoms with van der Waals surface area (Å²) < 4.78 is 0. The summed E-state index contributed by atoms with van der Waals surface area (Å²) in [7, 11) is 0. The second-order valence-corrected chi connectivity index (χ2v) is 9.37. The molecule has 0 fully saturated rings. The van der Waals surface area contributed by atoms with E-state index in [2.05, 4.69) is 91.1 Å². The predicted octanol–water partition coefficient (Wildman–Crippen LogP) is 8.58. The summed E-state index contributed by atoms with van der Waals surface area (Å²) in [6.07, 6.45) is 4.05. The van der Waals surface area contributed by atoms with Crippen molar-refractivity contribution in [3.8, 4) is 0 Å². The van der Waals surface area contributed by atoms with Crippen LogP contribution in [0.3, 0.4) is 0 Å². The zero-order chi connectivity index (χ0) is 22.0. The Labute approximate surface area is 193 Å². The number of aromatic nitrogens is 2. The summed E-state index contributed by atoms with van der Waals surface area (Å²) in [6, 6.07) is 30.9. The SMILES string of the molecule is c1ccc2c(c1)cc1ccc3c4ccc5ccnc6c7ccccc7c(c7cnc2c1c37)c4c56. The summed E-state index contributed by atoms with van der Waals surface area (Å²) in [4.78, 5) is 9.97. The molecular formula is C32H16N2. The molecule has 0 unspecified atom stereocenters. The Bertz CT molecular complexity index is 2280. The van der Waals surface area contributed by atoms with Gasteiger partial charge in [-0.1, -0.05) is 72.8 Å². The highest BCUT2D eigenvalue weighted by molar-refractivity contribution is 6.45. The highest BCUT2D eigenvalue weighted by Crippen LogP contribution is 2.48. The molecule has 0 saturated heterocycles. The van der Waals surface area contributed by atoms with Gasteiger partial charge in [0.15, 0.2) is 0 Å². The molecule has 0 N–H and O–H groups in total. The smallest absolute Gasteiger partial charge is 0.0793 e. The largest absolute Gasteiger partial charge is 0.256 e. The van der Waals surface area contributed by atoms with E-state index < -0.39 is 0 Å². The van der Waals surface area contributed by atoms with Crippen molar-refractivity contribution in [3.05, 3.63) is 97.3 Å². The van der Waals surface area contributed by atoms with Crippen molar-refractivity contribution in [2.75, 3.05) is 0 Å². The van der Waals surface area contributed by atoms with Crippen molar-refractivity contribution in [1.82, 2.24) is 9.97 Å². The van der Waals surface area contributed by atoms with Gasteiger partial charge in [0.25, 0.3) is 0 Å². The average molecular weight is 428 g/mol. The Morgan fingerprint density at radius 1 is 0.382 bits per heavy atom. The molecule has 0 spiro atoms. The first kappa shape index (κ1) is 17.0. The highest BCUT2D eigenvalue weighted by atomic mass is 14.7. The molecule has 0 bridgehead atoms. The number of hydrogen-bond donors (Lipinski definition) is 0. The molecule has 34 heavy (non-hydrogen) atoms. The summed E-state index contributed by atoms with van der Waals surface area (Å²) in [6.45, 7) is 0. The van der Waals surface area contributed by atoms with Crippen molar-refractivity contribution in [2.24, 2.45) is 0 Å². The molecule has 2 heterocycles. The van der Waals surface area contributed by atoms with Crippen LogP contribution in [0.2, 0.25) is 0 Å². The lowest BCUT2D eigenvalue weighted by molar-refractivity contribution is 1.44. The van der Waals surface area contributed by atoms with E-state index in [1.165, 1.54) is 75.4 Å². The maximum atomic E-state index is 5.11. The Kier molecular flexibility index (Phi) is 2.83. The molecule has 154 valence electrons. The van der Waals surface area contributed by atoms with E-state index in [1.807, 2.05) is 6.20 Å². The zero-order valence-corrected chi connectivity index (χ0v) is 18.1. The lowest BCUT2D eigenvalue weighted by Gasteiger charge is -2.19. The molecule has 0 aliphatic heterocycles. The minimum Gasteiger partial charge on any atom is -0.256 e. The highest BCUT2D eigenvalue weighted by Gasteiger charge is 2.21. The molecule has 2 aromatic heterocycles. The van der Waals surface area contributed by atoms with Crippen molar-refractivity contribution in [3.63, 3.8) is 0 Å². The predicted molar refractivity (Wildman–Crippen MR) is 144 cm³/mol. The minimum absolute atomic E-state index is 1.08. The average Bonchev–Trinajstić information content (AvgIpc) is 2.90. The number of rotatable bonds is 0. The maximum Gasteiger partial charge on any atom is 0.0793 e. The van der Waals surface area contributed by atoms with E-state index in [9.17, 15) is 0 Å².